The number of hydrogen-bond donors (Lipinski definition) is 2. The molecule has 0 spiro atoms. The highest BCUT2D eigenvalue weighted by Gasteiger charge is 2.32. The SMILES string of the molecule is CC(=O)Nc1ccc(CC(=O)N2CCN(S(=O)(=O)c3ccc4c(c3)NC(=O)[C@H](C)O4)CC2)cc1. The summed E-state index contributed by atoms with van der Waals surface area (Å²) in [7, 11) is -3.80. The zero-order valence-electron chi connectivity index (χ0n) is 18.9. The molecule has 2 heterocycles. The minimum absolute atomic E-state index is 0.0590. The average molecular weight is 487 g/mol. The molecule has 0 bridgehead atoms. The van der Waals surface area contributed by atoms with Crippen LogP contribution in [0.1, 0.15) is 19.4 Å². The lowest BCUT2D eigenvalue weighted by Crippen LogP contribution is -2.50. The Kier molecular flexibility index (Phi) is 6.58. The van der Waals surface area contributed by atoms with Gasteiger partial charge in [0.2, 0.25) is 21.8 Å². The molecule has 0 aromatic heterocycles. The standard InChI is InChI=1S/C23H26N4O6S/c1-15-23(30)25-20-14-19(7-8-21(20)33-15)34(31,32)27-11-9-26(10-12-27)22(29)13-17-3-5-18(6-4-17)24-16(2)28/h3-8,14-15H,9-13H2,1-2H3,(H,24,28)(H,25,30)/t15-/m0/s1. The highest BCUT2D eigenvalue weighted by Crippen LogP contribution is 2.33. The Morgan fingerprint density at radius 1 is 1.09 bits per heavy atom. The Labute approximate surface area is 197 Å². The lowest BCUT2D eigenvalue weighted by molar-refractivity contribution is -0.131. The molecule has 4 rings (SSSR count). The maximum absolute atomic E-state index is 13.1. The van der Waals surface area contributed by atoms with Crippen molar-refractivity contribution < 1.29 is 27.5 Å². The second-order valence-corrected chi connectivity index (χ2v) is 10.2. The Morgan fingerprint density at radius 3 is 2.41 bits per heavy atom. The Balaban J connectivity index is 1.36. The third kappa shape index (κ3) is 5.05. The molecule has 0 aliphatic carbocycles. The van der Waals surface area contributed by atoms with Crippen LogP contribution in [0.3, 0.4) is 0 Å². The molecule has 2 aliphatic rings. The van der Waals surface area contributed by atoms with Crippen molar-refractivity contribution in [2.75, 3.05) is 36.8 Å². The Morgan fingerprint density at radius 2 is 1.76 bits per heavy atom. The number of rotatable bonds is 5. The number of anilines is 2. The largest absolute Gasteiger partial charge is 0.479 e. The van der Waals surface area contributed by atoms with Gasteiger partial charge in [-0.25, -0.2) is 8.42 Å². The first kappa shape index (κ1) is 23.7. The van der Waals surface area contributed by atoms with Crippen LogP contribution in [-0.2, 0) is 30.8 Å². The molecule has 0 saturated carbocycles. The smallest absolute Gasteiger partial charge is 0.265 e. The van der Waals surface area contributed by atoms with Crippen molar-refractivity contribution in [3.63, 3.8) is 0 Å². The molecular weight excluding hydrogens is 460 g/mol. The second kappa shape index (κ2) is 9.43. The van der Waals surface area contributed by atoms with Gasteiger partial charge in [0.05, 0.1) is 17.0 Å². The molecule has 2 aromatic rings. The van der Waals surface area contributed by atoms with E-state index in [1.807, 2.05) is 0 Å². The first-order valence-corrected chi connectivity index (χ1v) is 12.3. The molecule has 180 valence electrons. The van der Waals surface area contributed by atoms with E-state index in [0.29, 0.717) is 17.1 Å². The van der Waals surface area contributed by atoms with Crippen molar-refractivity contribution in [2.24, 2.45) is 0 Å². The van der Waals surface area contributed by atoms with Gasteiger partial charge in [-0.05, 0) is 42.8 Å². The predicted molar refractivity (Wildman–Crippen MR) is 125 cm³/mol. The maximum Gasteiger partial charge on any atom is 0.265 e. The number of piperazine rings is 1. The minimum atomic E-state index is -3.80. The molecule has 1 fully saturated rings. The summed E-state index contributed by atoms with van der Waals surface area (Å²) in [6.45, 7) is 3.95. The fourth-order valence-electron chi connectivity index (χ4n) is 3.87. The summed E-state index contributed by atoms with van der Waals surface area (Å²) in [6, 6.07) is 11.4. The highest BCUT2D eigenvalue weighted by molar-refractivity contribution is 7.89. The van der Waals surface area contributed by atoms with Crippen LogP contribution >= 0.6 is 0 Å². The van der Waals surface area contributed by atoms with E-state index >= 15 is 0 Å². The van der Waals surface area contributed by atoms with Crippen LogP contribution in [0.15, 0.2) is 47.4 Å². The van der Waals surface area contributed by atoms with Crippen LogP contribution in [0.2, 0.25) is 0 Å². The predicted octanol–water partition coefficient (Wildman–Crippen LogP) is 1.44. The van der Waals surface area contributed by atoms with Gasteiger partial charge in [0.1, 0.15) is 5.75 Å². The van der Waals surface area contributed by atoms with Gasteiger partial charge in [0.25, 0.3) is 5.91 Å². The van der Waals surface area contributed by atoms with Gasteiger partial charge < -0.3 is 20.3 Å². The zero-order chi connectivity index (χ0) is 24.5. The van der Waals surface area contributed by atoms with Crippen LogP contribution in [0, 0.1) is 0 Å². The number of benzene rings is 2. The molecule has 3 amide bonds. The molecule has 10 nitrogen and oxygen atoms in total. The fourth-order valence-corrected chi connectivity index (χ4v) is 5.32. The van der Waals surface area contributed by atoms with Gasteiger partial charge in [0, 0.05) is 38.8 Å². The lowest BCUT2D eigenvalue weighted by Gasteiger charge is -2.34. The van der Waals surface area contributed by atoms with E-state index < -0.39 is 16.1 Å². The zero-order valence-corrected chi connectivity index (χ0v) is 19.7. The molecule has 1 atom stereocenters. The third-order valence-electron chi connectivity index (χ3n) is 5.74. The van der Waals surface area contributed by atoms with E-state index in [2.05, 4.69) is 10.6 Å². The monoisotopic (exact) mass is 486 g/mol. The van der Waals surface area contributed by atoms with E-state index in [9.17, 15) is 22.8 Å². The van der Waals surface area contributed by atoms with Gasteiger partial charge in [0.15, 0.2) is 6.10 Å². The summed E-state index contributed by atoms with van der Waals surface area (Å²) >= 11 is 0. The summed E-state index contributed by atoms with van der Waals surface area (Å²) in [5.41, 5.74) is 1.79. The number of fused-ring (bicyclic) bond motifs is 1. The Bertz CT molecular complexity index is 1220. The van der Waals surface area contributed by atoms with Crippen molar-refractivity contribution in [1.82, 2.24) is 9.21 Å². The minimum Gasteiger partial charge on any atom is -0.479 e. The van der Waals surface area contributed by atoms with Crippen molar-refractivity contribution >= 4 is 39.1 Å². The number of nitrogens with one attached hydrogen (secondary N) is 2. The average Bonchev–Trinajstić information content (AvgIpc) is 2.80. The molecule has 34 heavy (non-hydrogen) atoms. The molecule has 2 aromatic carbocycles. The van der Waals surface area contributed by atoms with Crippen LogP contribution in [0.5, 0.6) is 5.75 Å². The molecule has 11 heteroatoms. The third-order valence-corrected chi connectivity index (χ3v) is 7.64. The van der Waals surface area contributed by atoms with E-state index in [4.69, 9.17) is 4.74 Å². The van der Waals surface area contributed by atoms with Crippen molar-refractivity contribution in [3.05, 3.63) is 48.0 Å². The fraction of sp³-hybridized carbons (Fsp3) is 0.348. The highest BCUT2D eigenvalue weighted by atomic mass is 32.2. The van der Waals surface area contributed by atoms with Crippen LogP contribution in [-0.4, -0.2) is 67.6 Å². The molecule has 2 N–H and O–H groups in total. The Hall–Kier alpha value is -3.44. The number of carbonyl (C=O) groups is 3. The van der Waals surface area contributed by atoms with Crippen molar-refractivity contribution in [1.29, 1.82) is 0 Å². The first-order chi connectivity index (χ1) is 16.1. The number of ether oxygens (including phenoxy) is 1. The first-order valence-electron chi connectivity index (χ1n) is 10.9. The number of carbonyl (C=O) groups excluding carboxylic acids is 3. The van der Waals surface area contributed by atoms with Gasteiger partial charge >= 0.3 is 0 Å². The van der Waals surface area contributed by atoms with Gasteiger partial charge in [-0.3, -0.25) is 14.4 Å². The van der Waals surface area contributed by atoms with Crippen molar-refractivity contribution in [2.45, 2.75) is 31.3 Å². The van der Waals surface area contributed by atoms with Crippen LogP contribution < -0.4 is 15.4 Å². The lowest BCUT2D eigenvalue weighted by atomic mass is 10.1. The normalized spacial score (nSPS) is 18.5. The molecular formula is C23H26N4O6S. The summed E-state index contributed by atoms with van der Waals surface area (Å²) in [5, 5.41) is 5.34. The van der Waals surface area contributed by atoms with E-state index in [0.717, 1.165) is 5.56 Å². The summed E-state index contributed by atoms with van der Waals surface area (Å²) in [4.78, 5) is 37.4. The van der Waals surface area contributed by atoms with E-state index in [1.54, 1.807) is 36.1 Å². The number of hydrogen-bond acceptors (Lipinski definition) is 6. The van der Waals surface area contributed by atoms with Gasteiger partial charge in [-0.1, -0.05) is 12.1 Å². The molecule has 0 radical (unpaired) electrons. The van der Waals surface area contributed by atoms with E-state index in [-0.39, 0.29) is 55.2 Å². The number of sulfonamides is 1. The number of amides is 3. The van der Waals surface area contributed by atoms with E-state index in [1.165, 1.54) is 29.4 Å². The van der Waals surface area contributed by atoms with Gasteiger partial charge in [-0.15, -0.1) is 0 Å². The summed E-state index contributed by atoms with van der Waals surface area (Å²) in [6.07, 6.45) is -0.452. The maximum atomic E-state index is 13.1. The quantitative estimate of drug-likeness (QED) is 0.659. The summed E-state index contributed by atoms with van der Waals surface area (Å²) < 4.78 is 33.1. The van der Waals surface area contributed by atoms with Crippen LogP contribution in [0.4, 0.5) is 11.4 Å². The molecule has 2 aliphatic heterocycles. The second-order valence-electron chi connectivity index (χ2n) is 8.25. The molecule has 0 unspecified atom stereocenters. The topological polar surface area (TPSA) is 125 Å². The van der Waals surface area contributed by atoms with Gasteiger partial charge in [-0.2, -0.15) is 4.31 Å². The number of nitrogens with zero attached hydrogens (tertiary/aromatic N) is 2. The molecule has 1 saturated heterocycles. The van der Waals surface area contributed by atoms with Crippen molar-refractivity contribution in [3.8, 4) is 5.75 Å². The van der Waals surface area contributed by atoms with Crippen LogP contribution in [0.25, 0.3) is 0 Å². The summed E-state index contributed by atoms with van der Waals surface area (Å²) in [5.74, 6) is -0.169.